The zero-order valence-corrected chi connectivity index (χ0v) is 16.0. The number of hydrogen-bond donors (Lipinski definition) is 1. The number of aryl methyl sites for hydroxylation is 2. The van der Waals surface area contributed by atoms with Crippen molar-refractivity contribution in [1.82, 2.24) is 0 Å². The standard InChI is InChI=1S/C20H24ClNO3/c1-12(2)24-18-9-7-6-8-17(18)22-20(23)15(5)25-16-10-13(3)19(21)14(4)11-16/h6-12,15H,1-5H3,(H,22,23). The number of carbonyl (C=O) groups is 1. The Bertz CT molecular complexity index is 735. The lowest BCUT2D eigenvalue weighted by atomic mass is 10.1. The molecular weight excluding hydrogens is 338 g/mol. The highest BCUT2D eigenvalue weighted by Gasteiger charge is 2.17. The van der Waals surface area contributed by atoms with Crippen LogP contribution < -0.4 is 14.8 Å². The van der Waals surface area contributed by atoms with Gasteiger partial charge in [0.2, 0.25) is 0 Å². The van der Waals surface area contributed by atoms with Gasteiger partial charge in [-0.25, -0.2) is 0 Å². The molecule has 5 heteroatoms. The fraction of sp³-hybridized carbons (Fsp3) is 0.350. The van der Waals surface area contributed by atoms with Crippen molar-refractivity contribution in [2.45, 2.75) is 46.8 Å². The highest BCUT2D eigenvalue weighted by atomic mass is 35.5. The number of para-hydroxylation sites is 2. The zero-order chi connectivity index (χ0) is 18.6. The van der Waals surface area contributed by atoms with Crippen LogP contribution in [0, 0.1) is 13.8 Å². The molecule has 0 radical (unpaired) electrons. The van der Waals surface area contributed by atoms with E-state index in [0.717, 1.165) is 11.1 Å². The van der Waals surface area contributed by atoms with Gasteiger partial charge in [-0.2, -0.15) is 0 Å². The van der Waals surface area contributed by atoms with Gasteiger partial charge in [0.05, 0.1) is 11.8 Å². The fourth-order valence-electron chi connectivity index (χ4n) is 2.39. The smallest absolute Gasteiger partial charge is 0.265 e. The molecule has 1 N–H and O–H groups in total. The Labute approximate surface area is 154 Å². The van der Waals surface area contributed by atoms with Crippen LogP contribution in [-0.2, 0) is 4.79 Å². The summed E-state index contributed by atoms with van der Waals surface area (Å²) >= 11 is 6.17. The van der Waals surface area contributed by atoms with Gasteiger partial charge in [0.25, 0.3) is 5.91 Å². The van der Waals surface area contributed by atoms with Crippen LogP contribution in [0.15, 0.2) is 36.4 Å². The number of ether oxygens (including phenoxy) is 2. The summed E-state index contributed by atoms with van der Waals surface area (Å²) in [5.41, 5.74) is 2.46. The number of amides is 1. The van der Waals surface area contributed by atoms with Crippen LogP contribution in [0.5, 0.6) is 11.5 Å². The van der Waals surface area contributed by atoms with Gasteiger partial charge in [0.1, 0.15) is 11.5 Å². The minimum atomic E-state index is -0.660. The van der Waals surface area contributed by atoms with Gasteiger partial charge < -0.3 is 14.8 Å². The molecule has 0 bridgehead atoms. The van der Waals surface area contributed by atoms with Gasteiger partial charge in [0, 0.05) is 5.02 Å². The summed E-state index contributed by atoms with van der Waals surface area (Å²) in [6.07, 6.45) is -0.640. The second kappa shape index (κ2) is 8.26. The van der Waals surface area contributed by atoms with E-state index in [0.29, 0.717) is 22.2 Å². The lowest BCUT2D eigenvalue weighted by molar-refractivity contribution is -0.122. The van der Waals surface area contributed by atoms with Gasteiger partial charge in [-0.05, 0) is 70.0 Å². The summed E-state index contributed by atoms with van der Waals surface area (Å²) in [4.78, 5) is 12.5. The molecule has 1 atom stereocenters. The first-order valence-electron chi connectivity index (χ1n) is 8.28. The maximum atomic E-state index is 12.5. The Kier molecular flexibility index (Phi) is 6.32. The van der Waals surface area contributed by atoms with Crippen LogP contribution >= 0.6 is 11.6 Å². The lowest BCUT2D eigenvalue weighted by Gasteiger charge is -2.18. The molecular formula is C20H24ClNO3. The third-order valence-corrected chi connectivity index (χ3v) is 4.20. The largest absolute Gasteiger partial charge is 0.489 e. The predicted octanol–water partition coefficient (Wildman–Crippen LogP) is 5.15. The molecule has 0 heterocycles. The van der Waals surface area contributed by atoms with Crippen molar-refractivity contribution >= 4 is 23.2 Å². The monoisotopic (exact) mass is 361 g/mol. The first kappa shape index (κ1) is 19.1. The van der Waals surface area contributed by atoms with E-state index in [1.165, 1.54) is 0 Å². The summed E-state index contributed by atoms with van der Waals surface area (Å²) in [5.74, 6) is 1.01. The molecule has 1 unspecified atom stereocenters. The molecule has 0 saturated carbocycles. The van der Waals surface area contributed by atoms with Crippen molar-refractivity contribution in [3.8, 4) is 11.5 Å². The molecule has 0 aromatic heterocycles. The third-order valence-electron chi connectivity index (χ3n) is 3.60. The van der Waals surface area contributed by atoms with Crippen LogP contribution in [0.2, 0.25) is 5.02 Å². The molecule has 0 aliphatic rings. The van der Waals surface area contributed by atoms with E-state index in [4.69, 9.17) is 21.1 Å². The maximum absolute atomic E-state index is 12.5. The van der Waals surface area contributed by atoms with Crippen LogP contribution in [0.25, 0.3) is 0 Å². The Hall–Kier alpha value is -2.20. The molecule has 0 saturated heterocycles. The molecule has 4 nitrogen and oxygen atoms in total. The van der Waals surface area contributed by atoms with Gasteiger partial charge in [-0.3, -0.25) is 4.79 Å². The highest BCUT2D eigenvalue weighted by Crippen LogP contribution is 2.27. The fourth-order valence-corrected chi connectivity index (χ4v) is 2.50. The van der Waals surface area contributed by atoms with Crippen LogP contribution in [-0.4, -0.2) is 18.1 Å². The Morgan fingerprint density at radius 2 is 1.64 bits per heavy atom. The van der Waals surface area contributed by atoms with E-state index in [1.54, 1.807) is 13.0 Å². The number of anilines is 1. The number of hydrogen-bond acceptors (Lipinski definition) is 3. The van der Waals surface area contributed by atoms with Crippen LogP contribution in [0.1, 0.15) is 31.9 Å². The minimum Gasteiger partial charge on any atom is -0.489 e. The maximum Gasteiger partial charge on any atom is 0.265 e. The minimum absolute atomic E-state index is 0.0201. The second-order valence-corrected chi connectivity index (χ2v) is 6.66. The van der Waals surface area contributed by atoms with Gasteiger partial charge in [-0.1, -0.05) is 23.7 Å². The summed E-state index contributed by atoms with van der Waals surface area (Å²) in [6, 6.07) is 11.0. The van der Waals surface area contributed by atoms with Crippen molar-refractivity contribution < 1.29 is 14.3 Å². The third kappa shape index (κ3) is 5.13. The first-order valence-corrected chi connectivity index (χ1v) is 8.65. The van der Waals surface area contributed by atoms with Gasteiger partial charge in [-0.15, -0.1) is 0 Å². The van der Waals surface area contributed by atoms with Crippen LogP contribution in [0.3, 0.4) is 0 Å². The van der Waals surface area contributed by atoms with E-state index in [2.05, 4.69) is 5.32 Å². The Balaban J connectivity index is 2.09. The summed E-state index contributed by atoms with van der Waals surface area (Å²) in [5, 5.41) is 3.57. The molecule has 2 aromatic rings. The molecule has 0 spiro atoms. The van der Waals surface area contributed by atoms with E-state index >= 15 is 0 Å². The Morgan fingerprint density at radius 1 is 1.04 bits per heavy atom. The topological polar surface area (TPSA) is 47.6 Å². The second-order valence-electron chi connectivity index (χ2n) is 6.28. The van der Waals surface area contributed by atoms with E-state index < -0.39 is 6.10 Å². The predicted molar refractivity (Wildman–Crippen MR) is 102 cm³/mol. The Morgan fingerprint density at radius 3 is 2.24 bits per heavy atom. The molecule has 1 amide bonds. The highest BCUT2D eigenvalue weighted by molar-refractivity contribution is 6.32. The average molecular weight is 362 g/mol. The number of nitrogens with one attached hydrogen (secondary N) is 1. The molecule has 0 aliphatic carbocycles. The number of benzene rings is 2. The number of rotatable bonds is 6. The summed E-state index contributed by atoms with van der Waals surface area (Å²) in [7, 11) is 0. The molecule has 2 aromatic carbocycles. The molecule has 0 fully saturated rings. The number of halogens is 1. The van der Waals surface area contributed by atoms with Crippen molar-refractivity contribution in [2.75, 3.05) is 5.32 Å². The van der Waals surface area contributed by atoms with Crippen molar-refractivity contribution in [3.63, 3.8) is 0 Å². The van der Waals surface area contributed by atoms with E-state index in [1.807, 2.05) is 58.0 Å². The molecule has 25 heavy (non-hydrogen) atoms. The number of carbonyl (C=O) groups excluding carboxylic acids is 1. The van der Waals surface area contributed by atoms with Gasteiger partial charge >= 0.3 is 0 Å². The van der Waals surface area contributed by atoms with Crippen LogP contribution in [0.4, 0.5) is 5.69 Å². The quantitative estimate of drug-likeness (QED) is 0.773. The van der Waals surface area contributed by atoms with Crippen molar-refractivity contribution in [1.29, 1.82) is 0 Å². The first-order chi connectivity index (χ1) is 11.8. The zero-order valence-electron chi connectivity index (χ0n) is 15.2. The molecule has 0 aliphatic heterocycles. The lowest BCUT2D eigenvalue weighted by Crippen LogP contribution is -2.30. The normalized spacial score (nSPS) is 12.0. The van der Waals surface area contributed by atoms with Gasteiger partial charge in [0.15, 0.2) is 6.10 Å². The van der Waals surface area contributed by atoms with E-state index in [9.17, 15) is 4.79 Å². The SMILES string of the molecule is Cc1cc(OC(C)C(=O)Nc2ccccc2OC(C)C)cc(C)c1Cl. The molecule has 2 rings (SSSR count). The van der Waals surface area contributed by atoms with Crippen molar-refractivity contribution in [3.05, 3.63) is 52.5 Å². The average Bonchev–Trinajstić information content (AvgIpc) is 2.53. The summed E-state index contributed by atoms with van der Waals surface area (Å²) < 4.78 is 11.5. The van der Waals surface area contributed by atoms with E-state index in [-0.39, 0.29) is 12.0 Å². The molecule has 134 valence electrons. The van der Waals surface area contributed by atoms with Crippen molar-refractivity contribution in [2.24, 2.45) is 0 Å². The summed E-state index contributed by atoms with van der Waals surface area (Å²) in [6.45, 7) is 9.41.